The number of aryl methyl sites for hydroxylation is 1. The largest absolute Gasteiger partial charge is 0.383 e. The lowest BCUT2D eigenvalue weighted by Gasteiger charge is -2.09. The Morgan fingerprint density at radius 2 is 1.73 bits per heavy atom. The first-order valence-electron chi connectivity index (χ1n) is 8.46. The van der Waals surface area contributed by atoms with Crippen molar-refractivity contribution in [2.75, 3.05) is 27.3 Å². The quantitative estimate of drug-likeness (QED) is 0.305. The van der Waals surface area contributed by atoms with Crippen LogP contribution in [0, 0.1) is 6.92 Å². The number of amides is 1. The number of benzene rings is 1. The zero-order valence-electron chi connectivity index (χ0n) is 15.7. The van der Waals surface area contributed by atoms with E-state index in [1.807, 2.05) is 0 Å². The highest BCUT2D eigenvalue weighted by Crippen LogP contribution is 2.19. The van der Waals surface area contributed by atoms with Gasteiger partial charge in [-0.2, -0.15) is 0 Å². The van der Waals surface area contributed by atoms with E-state index >= 15 is 0 Å². The number of nitrogens with two attached hydrogens (primary N) is 2. The zero-order valence-corrected chi connectivity index (χ0v) is 17.4. The van der Waals surface area contributed by atoms with Crippen LogP contribution in [0.25, 0.3) is 0 Å². The Labute approximate surface area is 176 Å². The van der Waals surface area contributed by atoms with Crippen LogP contribution < -0.4 is 21.5 Å². The van der Waals surface area contributed by atoms with Crippen molar-refractivity contribution < 1.29 is 13.2 Å². The molecule has 0 spiro atoms. The van der Waals surface area contributed by atoms with E-state index in [2.05, 4.69) is 30.0 Å². The van der Waals surface area contributed by atoms with Gasteiger partial charge in [-0.3, -0.25) is 4.79 Å². The molecular weight excluding hydrogens is 428 g/mol. The van der Waals surface area contributed by atoms with Crippen LogP contribution >= 0.6 is 11.8 Å². The number of nitrogen functional groups attached to an aromatic ring is 2. The summed E-state index contributed by atoms with van der Waals surface area (Å²) in [4.78, 5) is 28.0. The minimum Gasteiger partial charge on any atom is -0.383 e. The number of aromatic nitrogens is 4. The van der Waals surface area contributed by atoms with Crippen LogP contribution in [0.5, 0.6) is 0 Å². The summed E-state index contributed by atoms with van der Waals surface area (Å²) in [5, 5.41) is 2.95. The highest BCUT2D eigenvalue weighted by Gasteiger charge is 2.16. The van der Waals surface area contributed by atoms with E-state index in [9.17, 15) is 13.2 Å². The summed E-state index contributed by atoms with van der Waals surface area (Å²) in [6.07, 6.45) is 1.46. The first kappa shape index (κ1) is 21.3. The van der Waals surface area contributed by atoms with Gasteiger partial charge in [0.1, 0.15) is 11.6 Å². The maximum Gasteiger partial charge on any atom is 0.264 e. The SMILES string of the molecule is Cc1ccnc(NS(=O)(=O)c2ccc(NC(=O)CSc3nc(N)cc(N)n3)cc2)n1. The number of sulfonamides is 1. The number of carbonyl (C=O) groups is 1. The molecule has 1 aromatic carbocycles. The second-order valence-electron chi connectivity index (χ2n) is 5.99. The van der Waals surface area contributed by atoms with Crippen LogP contribution in [0.3, 0.4) is 0 Å². The molecule has 0 aliphatic heterocycles. The van der Waals surface area contributed by atoms with Crippen LogP contribution in [0.1, 0.15) is 5.69 Å². The Bertz CT molecular complexity index is 1150. The van der Waals surface area contributed by atoms with Gasteiger partial charge < -0.3 is 16.8 Å². The standard InChI is InChI=1S/C17H18N8O3S2/c1-10-6-7-20-16(21-10)25-30(27,28)12-4-2-11(3-5-12)22-15(26)9-29-17-23-13(18)8-14(19)24-17/h2-8H,9H2,1H3,(H,22,26)(H,20,21,25)(H4,18,19,23,24). The van der Waals surface area contributed by atoms with Crippen molar-refractivity contribution in [2.45, 2.75) is 17.0 Å². The van der Waals surface area contributed by atoms with E-state index in [-0.39, 0.29) is 39.3 Å². The lowest BCUT2D eigenvalue weighted by atomic mass is 10.3. The zero-order chi connectivity index (χ0) is 21.7. The van der Waals surface area contributed by atoms with Crippen molar-refractivity contribution in [2.24, 2.45) is 0 Å². The number of nitrogens with one attached hydrogen (secondary N) is 2. The first-order chi connectivity index (χ1) is 14.2. The molecule has 3 rings (SSSR count). The van der Waals surface area contributed by atoms with Crippen molar-refractivity contribution in [1.82, 2.24) is 19.9 Å². The van der Waals surface area contributed by atoms with Gasteiger partial charge in [-0.1, -0.05) is 11.8 Å². The Kier molecular flexibility index (Phi) is 6.32. The third-order valence-corrected chi connectivity index (χ3v) is 5.74. The molecule has 2 aromatic heterocycles. The van der Waals surface area contributed by atoms with Gasteiger partial charge in [0.2, 0.25) is 11.9 Å². The lowest BCUT2D eigenvalue weighted by molar-refractivity contribution is -0.113. The fourth-order valence-electron chi connectivity index (χ4n) is 2.25. The Hall–Kier alpha value is -3.45. The number of carbonyl (C=O) groups excluding carboxylic acids is 1. The summed E-state index contributed by atoms with van der Waals surface area (Å²) in [6.45, 7) is 1.73. The molecule has 13 heteroatoms. The van der Waals surface area contributed by atoms with Gasteiger partial charge in [-0.15, -0.1) is 0 Å². The van der Waals surface area contributed by atoms with Gasteiger partial charge in [0.25, 0.3) is 10.0 Å². The van der Waals surface area contributed by atoms with Crippen molar-refractivity contribution in [1.29, 1.82) is 0 Å². The molecule has 3 aromatic rings. The summed E-state index contributed by atoms with van der Waals surface area (Å²) >= 11 is 1.07. The number of hydrogen-bond acceptors (Lipinski definition) is 10. The maximum absolute atomic E-state index is 12.4. The second kappa shape index (κ2) is 8.92. The molecule has 0 aliphatic carbocycles. The molecule has 11 nitrogen and oxygen atoms in total. The summed E-state index contributed by atoms with van der Waals surface area (Å²) in [7, 11) is -3.86. The third-order valence-electron chi connectivity index (χ3n) is 3.55. The molecule has 30 heavy (non-hydrogen) atoms. The van der Waals surface area contributed by atoms with Gasteiger partial charge in [-0.25, -0.2) is 33.1 Å². The van der Waals surface area contributed by atoms with E-state index in [4.69, 9.17) is 11.5 Å². The van der Waals surface area contributed by atoms with Gasteiger partial charge >= 0.3 is 0 Å². The predicted molar refractivity (Wildman–Crippen MR) is 114 cm³/mol. The van der Waals surface area contributed by atoms with Crippen LogP contribution in [-0.2, 0) is 14.8 Å². The molecule has 0 fully saturated rings. The fourth-order valence-corrected chi connectivity index (χ4v) is 3.87. The lowest BCUT2D eigenvalue weighted by Crippen LogP contribution is -2.16. The molecule has 6 N–H and O–H groups in total. The summed E-state index contributed by atoms with van der Waals surface area (Å²) in [5.41, 5.74) is 12.2. The molecule has 1 amide bonds. The number of hydrogen-bond donors (Lipinski definition) is 4. The van der Waals surface area contributed by atoms with Gasteiger partial charge in [0, 0.05) is 23.6 Å². The fraction of sp³-hybridized carbons (Fsp3) is 0.118. The van der Waals surface area contributed by atoms with E-state index < -0.39 is 10.0 Å². The number of anilines is 4. The van der Waals surface area contributed by atoms with E-state index in [0.717, 1.165) is 11.8 Å². The van der Waals surface area contributed by atoms with Gasteiger partial charge in [0.05, 0.1) is 10.6 Å². The predicted octanol–water partition coefficient (Wildman–Crippen LogP) is 1.27. The number of nitrogens with zero attached hydrogens (tertiary/aromatic N) is 4. The number of thioether (sulfide) groups is 1. The van der Waals surface area contributed by atoms with E-state index in [0.29, 0.717) is 11.4 Å². The monoisotopic (exact) mass is 446 g/mol. The topological polar surface area (TPSA) is 179 Å². The van der Waals surface area contributed by atoms with Crippen LogP contribution in [-0.4, -0.2) is 40.0 Å². The molecule has 0 aliphatic rings. The molecule has 2 heterocycles. The minimum atomic E-state index is -3.86. The molecule has 0 unspecified atom stereocenters. The molecule has 0 saturated heterocycles. The first-order valence-corrected chi connectivity index (χ1v) is 10.9. The normalized spacial score (nSPS) is 11.1. The van der Waals surface area contributed by atoms with E-state index in [1.165, 1.54) is 36.5 Å². The molecule has 156 valence electrons. The summed E-state index contributed by atoms with van der Waals surface area (Å²) in [5.74, 6) is 0.105. The second-order valence-corrected chi connectivity index (χ2v) is 8.61. The number of rotatable bonds is 7. The highest BCUT2D eigenvalue weighted by molar-refractivity contribution is 7.99. The van der Waals surface area contributed by atoms with Gasteiger partial charge in [0.15, 0.2) is 5.16 Å². The Morgan fingerprint density at radius 1 is 1.07 bits per heavy atom. The molecule has 0 atom stereocenters. The average molecular weight is 447 g/mol. The smallest absolute Gasteiger partial charge is 0.264 e. The molecule has 0 bridgehead atoms. The molecule has 0 saturated carbocycles. The highest BCUT2D eigenvalue weighted by atomic mass is 32.2. The van der Waals surface area contributed by atoms with Crippen molar-refractivity contribution in [3.63, 3.8) is 0 Å². The van der Waals surface area contributed by atoms with Crippen LogP contribution in [0.2, 0.25) is 0 Å². The van der Waals surface area contributed by atoms with Crippen molar-refractivity contribution in [3.8, 4) is 0 Å². The van der Waals surface area contributed by atoms with Crippen LogP contribution in [0.4, 0.5) is 23.3 Å². The summed E-state index contributed by atoms with van der Waals surface area (Å²) in [6, 6.07) is 8.75. The van der Waals surface area contributed by atoms with Crippen molar-refractivity contribution in [3.05, 3.63) is 48.3 Å². The van der Waals surface area contributed by atoms with Crippen LogP contribution in [0.15, 0.2) is 52.6 Å². The Morgan fingerprint density at radius 3 is 2.37 bits per heavy atom. The average Bonchev–Trinajstić information content (AvgIpc) is 2.66. The molecular formula is C17H18N8O3S2. The van der Waals surface area contributed by atoms with Gasteiger partial charge in [-0.05, 0) is 37.3 Å². The minimum absolute atomic E-state index is 0.00335. The van der Waals surface area contributed by atoms with Crippen molar-refractivity contribution >= 4 is 51.0 Å². The maximum atomic E-state index is 12.4. The Balaban J connectivity index is 1.60. The summed E-state index contributed by atoms with van der Waals surface area (Å²) < 4.78 is 27.2. The molecule has 0 radical (unpaired) electrons. The van der Waals surface area contributed by atoms with E-state index in [1.54, 1.807) is 13.0 Å². The third kappa shape index (κ3) is 5.78.